The molecule has 0 saturated carbocycles. The maximum absolute atomic E-state index is 12.8. The van der Waals surface area contributed by atoms with Crippen LogP contribution in [0.1, 0.15) is 27.7 Å². The number of benzene rings is 1. The first-order valence-electron chi connectivity index (χ1n) is 10.9. The van der Waals surface area contributed by atoms with Gasteiger partial charge in [0.15, 0.2) is 16.0 Å². The minimum Gasteiger partial charge on any atom is -0.477 e. The molecule has 0 saturated heterocycles. The molecule has 0 spiro atoms. The summed E-state index contributed by atoms with van der Waals surface area (Å²) in [7, 11) is 0. The van der Waals surface area contributed by atoms with E-state index in [-0.39, 0.29) is 23.8 Å². The highest BCUT2D eigenvalue weighted by atomic mass is 32.2. The lowest BCUT2D eigenvalue weighted by molar-refractivity contribution is -0.274. The predicted molar refractivity (Wildman–Crippen MR) is 124 cm³/mol. The Bertz CT molecular complexity index is 1600. The molecule has 1 atom stereocenters. The Morgan fingerprint density at radius 3 is 2.84 bits per heavy atom. The van der Waals surface area contributed by atoms with Crippen LogP contribution in [0.4, 0.5) is 18.9 Å². The highest BCUT2D eigenvalue weighted by Crippen LogP contribution is 2.45. The number of carboxylic acids is 1. The summed E-state index contributed by atoms with van der Waals surface area (Å²) in [6.07, 6.45) is -3.26. The van der Waals surface area contributed by atoms with E-state index < -0.39 is 18.2 Å². The Labute approximate surface area is 209 Å². The van der Waals surface area contributed by atoms with E-state index in [9.17, 15) is 27.9 Å². The van der Waals surface area contributed by atoms with Crippen LogP contribution in [0.3, 0.4) is 0 Å². The number of rotatable bonds is 5. The number of furan rings is 1. The van der Waals surface area contributed by atoms with Crippen molar-refractivity contribution in [1.29, 1.82) is 0 Å². The molecule has 1 aromatic carbocycles. The first kappa shape index (κ1) is 23.2. The van der Waals surface area contributed by atoms with Gasteiger partial charge in [-0.3, -0.25) is 4.79 Å². The number of nitrogens with zero attached hydrogens (tertiary/aromatic N) is 1. The molecular formula is C23H16F3N5O5S. The molecule has 4 aromatic rings. The molecule has 14 heteroatoms. The van der Waals surface area contributed by atoms with Crippen LogP contribution >= 0.6 is 11.8 Å². The van der Waals surface area contributed by atoms with Gasteiger partial charge >= 0.3 is 12.3 Å². The molecule has 37 heavy (non-hydrogen) atoms. The molecule has 190 valence electrons. The summed E-state index contributed by atoms with van der Waals surface area (Å²) in [6.45, 7) is 0.506. The van der Waals surface area contributed by atoms with Crippen LogP contribution < -0.4 is 15.4 Å². The van der Waals surface area contributed by atoms with Gasteiger partial charge in [0, 0.05) is 35.6 Å². The first-order valence-corrected chi connectivity index (χ1v) is 11.7. The van der Waals surface area contributed by atoms with Crippen LogP contribution in [0.5, 0.6) is 5.75 Å². The molecule has 5 N–H and O–H groups in total. The standard InChI is InChI=1S/C23H16F3N5O5S/c24-23(25,26)36-9-1-2-11-12(5-9)31-22(30-11)37-16-4-3-15(35-16)17-10-6-28-20(21(33)34)19(10)29-13-7-27-8-14(32)18(13)17/h1-6,17,27-29H,7-8H2,(H,30,31)(H,33,34). The SMILES string of the molecule is O=C1CNCC2=C1C(c1ccc(Sc3nc4ccc(OC(F)(F)F)cc4[nH]3)o1)c1c[nH]c(C(=O)O)c1N2. The number of aromatic amines is 2. The van der Waals surface area contributed by atoms with Crippen LogP contribution in [0.15, 0.2) is 62.5 Å². The Hall–Kier alpha value is -4.17. The van der Waals surface area contributed by atoms with Crippen molar-refractivity contribution in [2.75, 3.05) is 18.4 Å². The van der Waals surface area contributed by atoms with Crippen molar-refractivity contribution in [3.8, 4) is 5.75 Å². The van der Waals surface area contributed by atoms with Gasteiger partial charge in [0.05, 0.1) is 29.2 Å². The largest absolute Gasteiger partial charge is 0.573 e. The fourth-order valence-electron chi connectivity index (χ4n) is 4.53. The minimum atomic E-state index is -4.81. The lowest BCUT2D eigenvalue weighted by atomic mass is 9.82. The lowest BCUT2D eigenvalue weighted by Crippen LogP contribution is -2.39. The molecular weight excluding hydrogens is 515 g/mol. The highest BCUT2D eigenvalue weighted by molar-refractivity contribution is 7.99. The number of nitrogens with one attached hydrogen (secondary N) is 4. The zero-order valence-corrected chi connectivity index (χ0v) is 19.3. The molecule has 2 aliphatic heterocycles. The van der Waals surface area contributed by atoms with Crippen LogP contribution in [0.2, 0.25) is 0 Å². The van der Waals surface area contributed by atoms with Crippen molar-refractivity contribution < 1.29 is 37.0 Å². The number of ether oxygens (including phenoxy) is 1. The molecule has 0 aliphatic carbocycles. The summed E-state index contributed by atoms with van der Waals surface area (Å²) in [5, 5.41) is 16.4. The Morgan fingerprint density at radius 2 is 2.05 bits per heavy atom. The third-order valence-corrected chi connectivity index (χ3v) is 6.77. The Kier molecular flexibility index (Phi) is 5.31. The summed E-state index contributed by atoms with van der Waals surface area (Å²) in [5.74, 6) is -1.85. The number of halogens is 3. The van der Waals surface area contributed by atoms with Gasteiger partial charge in [0.2, 0.25) is 0 Å². The number of H-pyrrole nitrogens is 2. The average Bonchev–Trinajstić information content (AvgIpc) is 3.54. The minimum absolute atomic E-state index is 0.0260. The topological polar surface area (TPSA) is 145 Å². The number of carbonyl (C=O) groups excluding carboxylic acids is 1. The Balaban J connectivity index is 1.32. The molecule has 0 radical (unpaired) electrons. The monoisotopic (exact) mass is 531 g/mol. The molecule has 5 heterocycles. The normalized spacial score (nSPS) is 17.5. The molecule has 3 aromatic heterocycles. The average molecular weight is 531 g/mol. The fourth-order valence-corrected chi connectivity index (χ4v) is 5.30. The fraction of sp³-hybridized carbons (Fsp3) is 0.174. The van der Waals surface area contributed by atoms with Crippen LogP contribution in [-0.2, 0) is 4.79 Å². The van der Waals surface area contributed by atoms with E-state index in [0.717, 1.165) is 11.8 Å². The number of hydrogen-bond donors (Lipinski definition) is 5. The summed E-state index contributed by atoms with van der Waals surface area (Å²) < 4.78 is 47.6. The molecule has 1 unspecified atom stereocenters. The van der Waals surface area contributed by atoms with Gasteiger partial charge in [-0.05, 0) is 36.0 Å². The van der Waals surface area contributed by atoms with Crippen molar-refractivity contribution >= 4 is 40.2 Å². The highest BCUT2D eigenvalue weighted by Gasteiger charge is 2.39. The Morgan fingerprint density at radius 1 is 1.22 bits per heavy atom. The van der Waals surface area contributed by atoms with Crippen LogP contribution in [0, 0.1) is 0 Å². The van der Waals surface area contributed by atoms with Crippen molar-refractivity contribution in [2.24, 2.45) is 0 Å². The van der Waals surface area contributed by atoms with Crippen LogP contribution in [-0.4, -0.2) is 51.3 Å². The van der Waals surface area contributed by atoms with E-state index in [1.54, 1.807) is 18.3 Å². The number of hydrogen-bond acceptors (Lipinski definition) is 8. The second kappa shape index (κ2) is 8.45. The number of carbonyl (C=O) groups is 2. The molecule has 10 nitrogen and oxygen atoms in total. The number of carboxylic acid groups (broad SMARTS) is 1. The quantitative estimate of drug-likeness (QED) is 0.256. The number of ketones is 1. The van der Waals surface area contributed by atoms with E-state index >= 15 is 0 Å². The van der Waals surface area contributed by atoms with E-state index in [1.807, 2.05) is 0 Å². The van der Waals surface area contributed by atoms with Gasteiger partial charge in [0.1, 0.15) is 17.2 Å². The van der Waals surface area contributed by atoms with Crippen molar-refractivity contribution in [3.05, 3.63) is 64.8 Å². The number of Topliss-reactive ketones (excluding diaryl/α,β-unsaturated/α-hetero) is 1. The maximum Gasteiger partial charge on any atom is 0.573 e. The van der Waals surface area contributed by atoms with Gasteiger partial charge < -0.3 is 34.9 Å². The number of aromatic nitrogens is 3. The van der Waals surface area contributed by atoms with Gasteiger partial charge in [-0.2, -0.15) is 0 Å². The van der Waals surface area contributed by atoms with E-state index in [1.165, 1.54) is 18.2 Å². The summed E-state index contributed by atoms with van der Waals surface area (Å²) >= 11 is 1.11. The van der Waals surface area contributed by atoms with Gasteiger partial charge in [-0.1, -0.05) is 0 Å². The van der Waals surface area contributed by atoms with E-state index in [2.05, 4.69) is 30.3 Å². The third kappa shape index (κ3) is 4.23. The maximum atomic E-state index is 12.8. The number of alkyl halides is 3. The van der Waals surface area contributed by atoms with Crippen LogP contribution in [0.25, 0.3) is 11.0 Å². The number of imidazole rings is 1. The van der Waals surface area contributed by atoms with Crippen molar-refractivity contribution in [1.82, 2.24) is 20.3 Å². The van der Waals surface area contributed by atoms with E-state index in [4.69, 9.17) is 4.42 Å². The van der Waals surface area contributed by atoms with Gasteiger partial charge in [0.25, 0.3) is 0 Å². The van der Waals surface area contributed by atoms with E-state index in [0.29, 0.717) is 56.1 Å². The number of fused-ring (bicyclic) bond motifs is 2. The number of anilines is 1. The zero-order chi connectivity index (χ0) is 25.9. The van der Waals surface area contributed by atoms with Gasteiger partial charge in [-0.15, -0.1) is 13.2 Å². The smallest absolute Gasteiger partial charge is 0.477 e. The summed E-state index contributed by atoms with van der Waals surface area (Å²) in [6, 6.07) is 7.17. The van der Waals surface area contributed by atoms with Crippen molar-refractivity contribution in [3.63, 3.8) is 0 Å². The first-order chi connectivity index (χ1) is 17.7. The lowest BCUT2D eigenvalue weighted by Gasteiger charge is -2.31. The second-order valence-corrected chi connectivity index (χ2v) is 9.30. The summed E-state index contributed by atoms with van der Waals surface area (Å²) in [4.78, 5) is 34.6. The van der Waals surface area contributed by atoms with Gasteiger partial charge in [-0.25, -0.2) is 9.78 Å². The molecule has 0 fully saturated rings. The molecule has 6 rings (SSSR count). The molecule has 0 amide bonds. The zero-order valence-electron chi connectivity index (χ0n) is 18.5. The van der Waals surface area contributed by atoms with Crippen molar-refractivity contribution in [2.45, 2.75) is 22.5 Å². The number of aromatic carboxylic acids is 1. The summed E-state index contributed by atoms with van der Waals surface area (Å²) in [5.41, 5.74) is 2.77. The molecule has 0 bridgehead atoms. The predicted octanol–water partition coefficient (Wildman–Crippen LogP) is 4.22. The molecule has 2 aliphatic rings. The third-order valence-electron chi connectivity index (χ3n) is 5.96. The second-order valence-electron chi connectivity index (χ2n) is 8.30.